The fraction of sp³-hybridized carbons (Fsp3) is 0.900. The van der Waals surface area contributed by atoms with Crippen LogP contribution in [0.2, 0.25) is 0 Å². The summed E-state index contributed by atoms with van der Waals surface area (Å²) in [6.45, 7) is 4.60. The average Bonchev–Trinajstić information content (AvgIpc) is 2.96. The highest BCUT2D eigenvalue weighted by Crippen LogP contribution is 2.42. The van der Waals surface area contributed by atoms with E-state index in [0.29, 0.717) is 5.41 Å². The van der Waals surface area contributed by atoms with Crippen LogP contribution in [0, 0.1) is 5.41 Å². The number of allylic oxidation sites excluding steroid dienone is 1. The van der Waals surface area contributed by atoms with Crippen molar-refractivity contribution in [3.63, 3.8) is 0 Å². The summed E-state index contributed by atoms with van der Waals surface area (Å²) in [4.78, 5) is 0. The molecule has 1 aliphatic heterocycles. The highest BCUT2D eigenvalue weighted by atomic mass is 32.2. The number of rotatable bonds is 14. The van der Waals surface area contributed by atoms with Crippen molar-refractivity contribution in [3.05, 3.63) is 11.5 Å². The number of thioether (sulfide) groups is 1. The van der Waals surface area contributed by atoms with E-state index in [4.69, 9.17) is 0 Å². The van der Waals surface area contributed by atoms with Crippen molar-refractivity contribution in [1.82, 2.24) is 0 Å². The smallest absolute Gasteiger partial charge is 0.00656 e. The molecule has 0 radical (unpaired) electrons. The quantitative estimate of drug-likeness (QED) is 0.296. The Morgan fingerprint density at radius 1 is 0.714 bits per heavy atom. The lowest BCUT2D eigenvalue weighted by Crippen LogP contribution is -2.18. The maximum absolute atomic E-state index is 2.55. The van der Waals surface area contributed by atoms with Gasteiger partial charge in [-0.2, -0.15) is 0 Å². The minimum atomic E-state index is 0.570. The third-order valence-corrected chi connectivity index (χ3v) is 6.02. The van der Waals surface area contributed by atoms with Crippen molar-refractivity contribution in [1.29, 1.82) is 0 Å². The first-order valence-electron chi connectivity index (χ1n) is 9.62. The summed E-state index contributed by atoms with van der Waals surface area (Å²) in [6, 6.07) is 0. The van der Waals surface area contributed by atoms with Crippen LogP contribution in [0.1, 0.15) is 104 Å². The van der Waals surface area contributed by atoms with Crippen LogP contribution in [0.4, 0.5) is 0 Å². The minimum absolute atomic E-state index is 0.570. The van der Waals surface area contributed by atoms with Crippen molar-refractivity contribution >= 4 is 11.8 Å². The first-order chi connectivity index (χ1) is 10.3. The number of hydrogen-bond acceptors (Lipinski definition) is 1. The Bertz CT molecular complexity index is 241. The molecule has 0 bridgehead atoms. The molecule has 0 atom stereocenters. The highest BCUT2D eigenvalue weighted by molar-refractivity contribution is 8.02. The first-order valence-corrected chi connectivity index (χ1v) is 10.7. The molecule has 1 rings (SSSR count). The van der Waals surface area contributed by atoms with E-state index in [0.717, 1.165) is 0 Å². The molecule has 0 saturated carbocycles. The van der Waals surface area contributed by atoms with E-state index in [1.165, 1.54) is 95.6 Å². The van der Waals surface area contributed by atoms with Gasteiger partial charge in [0.05, 0.1) is 0 Å². The normalized spacial score (nSPS) is 16.7. The van der Waals surface area contributed by atoms with Gasteiger partial charge in [-0.25, -0.2) is 0 Å². The van der Waals surface area contributed by atoms with Crippen molar-refractivity contribution in [3.8, 4) is 0 Å². The maximum atomic E-state index is 2.55. The molecule has 0 fully saturated rings. The summed E-state index contributed by atoms with van der Waals surface area (Å²) >= 11 is 2.04. The molecule has 21 heavy (non-hydrogen) atoms. The second-order valence-corrected chi connectivity index (χ2v) is 7.91. The van der Waals surface area contributed by atoms with Crippen LogP contribution < -0.4 is 0 Å². The van der Waals surface area contributed by atoms with Crippen LogP contribution in [0.3, 0.4) is 0 Å². The van der Waals surface area contributed by atoms with Crippen LogP contribution in [-0.2, 0) is 0 Å². The molecule has 124 valence electrons. The van der Waals surface area contributed by atoms with Crippen molar-refractivity contribution < 1.29 is 0 Å². The predicted octanol–water partition coefficient (Wildman–Crippen LogP) is 7.73. The monoisotopic (exact) mass is 310 g/mol. The number of hydrogen-bond donors (Lipinski definition) is 0. The molecule has 0 aromatic heterocycles. The maximum Gasteiger partial charge on any atom is 0.00656 e. The molecule has 0 amide bonds. The van der Waals surface area contributed by atoms with Crippen molar-refractivity contribution in [2.45, 2.75) is 104 Å². The molecule has 0 aliphatic carbocycles. The SMILES string of the molecule is CCCCCCCCC1(CCCCCCCC)C=CSC1. The fourth-order valence-corrected chi connectivity index (χ4v) is 4.60. The minimum Gasteiger partial charge on any atom is -0.134 e. The zero-order chi connectivity index (χ0) is 15.2. The van der Waals surface area contributed by atoms with Gasteiger partial charge in [0, 0.05) is 5.75 Å². The Morgan fingerprint density at radius 3 is 1.62 bits per heavy atom. The summed E-state index contributed by atoms with van der Waals surface area (Å²) in [7, 11) is 0. The van der Waals surface area contributed by atoms with Gasteiger partial charge < -0.3 is 0 Å². The lowest BCUT2D eigenvalue weighted by atomic mass is 9.80. The van der Waals surface area contributed by atoms with Gasteiger partial charge in [0.1, 0.15) is 0 Å². The summed E-state index contributed by atoms with van der Waals surface area (Å²) < 4.78 is 0. The zero-order valence-corrected chi connectivity index (χ0v) is 15.5. The third-order valence-electron chi connectivity index (χ3n) is 4.95. The molecule has 1 aliphatic rings. The van der Waals surface area contributed by atoms with Gasteiger partial charge in [0.2, 0.25) is 0 Å². The van der Waals surface area contributed by atoms with Crippen LogP contribution in [0.15, 0.2) is 11.5 Å². The van der Waals surface area contributed by atoms with E-state index in [1.807, 2.05) is 11.8 Å². The molecule has 0 aromatic rings. The lowest BCUT2D eigenvalue weighted by molar-refractivity contribution is 0.338. The Balaban J connectivity index is 2.11. The Kier molecular flexibility index (Phi) is 11.5. The zero-order valence-electron chi connectivity index (χ0n) is 14.7. The molecule has 0 N–H and O–H groups in total. The molecule has 1 heteroatoms. The highest BCUT2D eigenvalue weighted by Gasteiger charge is 2.28. The van der Waals surface area contributed by atoms with Gasteiger partial charge in [-0.15, -0.1) is 11.8 Å². The summed E-state index contributed by atoms with van der Waals surface area (Å²) in [5.41, 5.74) is 0.570. The van der Waals surface area contributed by atoms with E-state index in [1.54, 1.807) is 0 Å². The van der Waals surface area contributed by atoms with Gasteiger partial charge in [-0.3, -0.25) is 0 Å². The Labute approximate surface area is 138 Å². The van der Waals surface area contributed by atoms with E-state index in [-0.39, 0.29) is 0 Å². The van der Waals surface area contributed by atoms with Crippen molar-refractivity contribution in [2.75, 3.05) is 5.75 Å². The molecular weight excluding hydrogens is 272 g/mol. The van der Waals surface area contributed by atoms with E-state index < -0.39 is 0 Å². The van der Waals surface area contributed by atoms with E-state index in [2.05, 4.69) is 25.3 Å². The fourth-order valence-electron chi connectivity index (χ4n) is 3.41. The largest absolute Gasteiger partial charge is 0.134 e. The molecule has 0 unspecified atom stereocenters. The summed E-state index contributed by atoms with van der Waals surface area (Å²) in [6.07, 6.45) is 22.6. The standard InChI is InChI=1S/C20H38S/c1-3-5-7-9-11-13-15-20(17-18-21-19-20)16-14-12-10-8-6-4-2/h17-18H,3-16,19H2,1-2H3. The van der Waals surface area contributed by atoms with E-state index in [9.17, 15) is 0 Å². The van der Waals surface area contributed by atoms with Gasteiger partial charge in [-0.05, 0) is 23.7 Å². The Morgan fingerprint density at radius 2 is 1.19 bits per heavy atom. The third kappa shape index (κ3) is 8.96. The summed E-state index contributed by atoms with van der Waals surface area (Å²) in [5, 5.41) is 2.37. The van der Waals surface area contributed by atoms with Gasteiger partial charge in [0.15, 0.2) is 0 Å². The summed E-state index contributed by atoms with van der Waals surface area (Å²) in [5.74, 6) is 1.36. The van der Waals surface area contributed by atoms with E-state index >= 15 is 0 Å². The van der Waals surface area contributed by atoms with Gasteiger partial charge in [-0.1, -0.05) is 97.0 Å². The number of unbranched alkanes of at least 4 members (excludes halogenated alkanes) is 10. The lowest BCUT2D eigenvalue weighted by Gasteiger charge is -2.27. The van der Waals surface area contributed by atoms with Crippen LogP contribution in [0.25, 0.3) is 0 Å². The second kappa shape index (κ2) is 12.6. The molecule has 0 nitrogen and oxygen atoms in total. The van der Waals surface area contributed by atoms with Gasteiger partial charge >= 0.3 is 0 Å². The first kappa shape index (κ1) is 19.1. The molecular formula is C20H38S. The molecule has 0 saturated heterocycles. The predicted molar refractivity (Wildman–Crippen MR) is 100 cm³/mol. The van der Waals surface area contributed by atoms with Crippen molar-refractivity contribution in [2.24, 2.45) is 5.41 Å². The van der Waals surface area contributed by atoms with Crippen LogP contribution in [-0.4, -0.2) is 5.75 Å². The second-order valence-electron chi connectivity index (χ2n) is 7.01. The molecule has 0 spiro atoms. The van der Waals surface area contributed by atoms with Gasteiger partial charge in [0.25, 0.3) is 0 Å². The molecule has 1 heterocycles. The van der Waals surface area contributed by atoms with Crippen LogP contribution in [0.5, 0.6) is 0 Å². The molecule has 0 aromatic carbocycles. The topological polar surface area (TPSA) is 0 Å². The Hall–Kier alpha value is 0.0900. The van der Waals surface area contributed by atoms with Crippen LogP contribution >= 0.6 is 11.8 Å². The average molecular weight is 311 g/mol.